The first-order chi connectivity index (χ1) is 17.5. The van der Waals surface area contributed by atoms with Crippen molar-refractivity contribution >= 4 is 27.3 Å². The number of sulfonamides is 1. The van der Waals surface area contributed by atoms with Crippen LogP contribution in [0.3, 0.4) is 0 Å². The molecule has 1 heterocycles. The lowest BCUT2D eigenvalue weighted by Gasteiger charge is -2.29. The molecule has 14 heteroatoms. The van der Waals surface area contributed by atoms with Gasteiger partial charge in [0.2, 0.25) is 10.0 Å². The van der Waals surface area contributed by atoms with E-state index >= 15 is 0 Å². The van der Waals surface area contributed by atoms with Gasteiger partial charge in [-0.1, -0.05) is 0 Å². The Labute approximate surface area is 223 Å². The molecule has 1 aromatic heterocycles. The number of carboxylic acids is 1. The van der Waals surface area contributed by atoms with Crippen molar-refractivity contribution < 1.29 is 45.7 Å². The lowest BCUT2D eigenvalue weighted by atomic mass is 9.96. The number of alkyl halides is 3. The van der Waals surface area contributed by atoms with Crippen molar-refractivity contribution in [1.82, 2.24) is 9.62 Å². The highest BCUT2D eigenvalue weighted by Gasteiger charge is 2.32. The molecule has 1 atom stereocenters. The van der Waals surface area contributed by atoms with E-state index in [0.717, 1.165) is 39.1 Å². The molecule has 8 nitrogen and oxygen atoms in total. The van der Waals surface area contributed by atoms with Crippen molar-refractivity contribution in [3.8, 4) is 5.75 Å². The number of ether oxygens (including phenoxy) is 1. The fourth-order valence-corrected chi connectivity index (χ4v) is 5.74. The number of thiophene rings is 1. The number of nitrogens with one attached hydrogen (secondary N) is 1. The number of hydrogen-bond donors (Lipinski definition) is 3. The molecule has 2 rings (SSSR count). The first kappa shape index (κ1) is 32.0. The Balaban J connectivity index is 2.02. The highest BCUT2D eigenvalue weighted by Crippen LogP contribution is 2.29. The molecule has 1 aromatic carbocycles. The molecule has 0 amide bonds. The van der Waals surface area contributed by atoms with Gasteiger partial charge in [0.25, 0.3) is 0 Å². The van der Waals surface area contributed by atoms with Gasteiger partial charge in [0.15, 0.2) is 5.13 Å². The molecule has 0 saturated carbocycles. The molecule has 0 saturated heterocycles. The number of halogens is 4. The molecule has 38 heavy (non-hydrogen) atoms. The summed E-state index contributed by atoms with van der Waals surface area (Å²) in [5.41, 5.74) is -0.369. The molecule has 2 aromatic rings. The van der Waals surface area contributed by atoms with Crippen LogP contribution in [0, 0.1) is 5.13 Å². The lowest BCUT2D eigenvalue weighted by Crippen LogP contribution is -2.46. The maximum Gasteiger partial charge on any atom is 0.573 e. The van der Waals surface area contributed by atoms with Gasteiger partial charge < -0.3 is 20.3 Å². The third kappa shape index (κ3) is 10.8. The number of rotatable bonds is 15. The monoisotopic (exact) mass is 584 g/mol. The Kier molecular flexibility index (Phi) is 11.1. The van der Waals surface area contributed by atoms with Crippen LogP contribution in [0.2, 0.25) is 0 Å². The first-order valence-electron chi connectivity index (χ1n) is 11.7. The second kappa shape index (κ2) is 13.2. The second-order valence-corrected chi connectivity index (χ2v) is 12.7. The molecular formula is C24H32F4N2O6S2. The van der Waals surface area contributed by atoms with Gasteiger partial charge in [0.1, 0.15) is 5.75 Å². The Morgan fingerprint density at radius 2 is 1.87 bits per heavy atom. The van der Waals surface area contributed by atoms with Crippen molar-refractivity contribution in [1.29, 1.82) is 0 Å². The summed E-state index contributed by atoms with van der Waals surface area (Å²) in [6, 6.07) is 5.88. The summed E-state index contributed by atoms with van der Waals surface area (Å²) < 4.78 is 82.2. The second-order valence-electron chi connectivity index (χ2n) is 9.52. The van der Waals surface area contributed by atoms with Crippen molar-refractivity contribution in [2.45, 2.75) is 68.9 Å². The van der Waals surface area contributed by atoms with Gasteiger partial charge in [-0.25, -0.2) is 8.42 Å². The number of nitrogens with zero attached hydrogens (tertiary/aromatic N) is 1. The minimum absolute atomic E-state index is 0.0374. The molecule has 0 spiro atoms. The van der Waals surface area contributed by atoms with Gasteiger partial charge in [-0.15, -0.1) is 24.5 Å². The average molecular weight is 585 g/mol. The standard InChI is InChI=1S/C24H32F4N2O6S2/c1-23(2,10-4-5-19-7-8-21(25)37-19)29-14-17(31)15-30(3)38(34,35)20-12-16(6-9-22(32)33)11-18(13-20)36-24(26,27)28/h7-8,11-13,17,29,31H,4-6,9-10,14-15H2,1-3H3,(H,32,33). The van der Waals surface area contributed by atoms with Gasteiger partial charge in [-0.05, 0) is 69.4 Å². The van der Waals surface area contributed by atoms with Crippen LogP contribution in [0.5, 0.6) is 5.75 Å². The van der Waals surface area contributed by atoms with E-state index in [2.05, 4.69) is 10.1 Å². The third-order valence-electron chi connectivity index (χ3n) is 5.65. The Hall–Kier alpha value is -2.26. The number of hydrogen-bond acceptors (Lipinski definition) is 7. The number of aliphatic hydroxyl groups excluding tert-OH is 1. The fraction of sp³-hybridized carbons (Fsp3) is 0.542. The van der Waals surface area contributed by atoms with Crippen LogP contribution in [-0.4, -0.2) is 67.0 Å². The molecule has 0 fully saturated rings. The minimum atomic E-state index is -5.08. The number of aliphatic carboxylic acids is 1. The molecular weight excluding hydrogens is 552 g/mol. The molecule has 214 valence electrons. The van der Waals surface area contributed by atoms with E-state index in [1.165, 1.54) is 13.1 Å². The number of carboxylic acid groups (broad SMARTS) is 1. The van der Waals surface area contributed by atoms with Crippen molar-refractivity contribution in [2.24, 2.45) is 0 Å². The topological polar surface area (TPSA) is 116 Å². The number of aliphatic hydroxyl groups is 1. The van der Waals surface area contributed by atoms with E-state index in [4.69, 9.17) is 5.11 Å². The minimum Gasteiger partial charge on any atom is -0.481 e. The predicted molar refractivity (Wildman–Crippen MR) is 134 cm³/mol. The van der Waals surface area contributed by atoms with Crippen LogP contribution in [0.1, 0.15) is 43.6 Å². The number of carbonyl (C=O) groups is 1. The van der Waals surface area contributed by atoms with Gasteiger partial charge in [-0.2, -0.15) is 8.70 Å². The number of β-amino-alcohol motifs (C(OH)–C–C–N with tert-alkyl or cyclic N) is 1. The number of benzene rings is 1. The summed E-state index contributed by atoms with van der Waals surface area (Å²) in [5.74, 6) is -1.99. The molecule has 1 unspecified atom stereocenters. The zero-order valence-electron chi connectivity index (χ0n) is 21.2. The number of aryl methyl sites for hydroxylation is 2. The molecule has 3 N–H and O–H groups in total. The van der Waals surface area contributed by atoms with Crippen LogP contribution in [-0.2, 0) is 27.7 Å². The first-order valence-corrected chi connectivity index (χ1v) is 14.0. The van der Waals surface area contributed by atoms with E-state index in [0.29, 0.717) is 18.9 Å². The Bertz CT molecular complexity index is 1180. The van der Waals surface area contributed by atoms with E-state index < -0.39 is 51.1 Å². The lowest BCUT2D eigenvalue weighted by molar-refractivity contribution is -0.274. The zero-order valence-corrected chi connectivity index (χ0v) is 22.8. The smallest absolute Gasteiger partial charge is 0.481 e. The fourth-order valence-electron chi connectivity index (χ4n) is 3.68. The quantitative estimate of drug-likeness (QED) is 0.269. The van der Waals surface area contributed by atoms with Crippen LogP contribution in [0.25, 0.3) is 0 Å². The van der Waals surface area contributed by atoms with Gasteiger partial charge >= 0.3 is 12.3 Å². The molecule has 0 radical (unpaired) electrons. The third-order valence-corrected chi connectivity index (χ3v) is 8.38. The maximum atomic E-state index is 13.1. The van der Waals surface area contributed by atoms with Crippen LogP contribution in [0.4, 0.5) is 17.6 Å². The Morgan fingerprint density at radius 1 is 1.18 bits per heavy atom. The van der Waals surface area contributed by atoms with E-state index in [9.17, 15) is 35.9 Å². The van der Waals surface area contributed by atoms with Crippen LogP contribution < -0.4 is 10.1 Å². The van der Waals surface area contributed by atoms with Gasteiger partial charge in [0.05, 0.1) is 11.0 Å². The van der Waals surface area contributed by atoms with Crippen molar-refractivity contribution in [3.05, 3.63) is 45.9 Å². The van der Waals surface area contributed by atoms with E-state index in [1.807, 2.05) is 13.8 Å². The van der Waals surface area contributed by atoms with Gasteiger partial charge in [-0.3, -0.25) is 4.79 Å². The molecule has 0 aliphatic rings. The summed E-state index contributed by atoms with van der Waals surface area (Å²) in [6.07, 6.45) is -4.67. The zero-order chi connectivity index (χ0) is 28.7. The van der Waals surface area contributed by atoms with Crippen molar-refractivity contribution in [3.63, 3.8) is 0 Å². The van der Waals surface area contributed by atoms with E-state index in [-0.39, 0.29) is 30.2 Å². The molecule has 0 aliphatic heterocycles. The van der Waals surface area contributed by atoms with Crippen LogP contribution >= 0.6 is 11.3 Å². The highest BCUT2D eigenvalue weighted by molar-refractivity contribution is 7.89. The maximum absolute atomic E-state index is 13.1. The normalized spacial score (nSPS) is 13.6. The summed E-state index contributed by atoms with van der Waals surface area (Å²) >= 11 is 1.09. The average Bonchev–Trinajstić information content (AvgIpc) is 3.19. The summed E-state index contributed by atoms with van der Waals surface area (Å²) in [6.45, 7) is 3.52. The predicted octanol–water partition coefficient (Wildman–Crippen LogP) is 4.18. The molecule has 0 bridgehead atoms. The van der Waals surface area contributed by atoms with Crippen LogP contribution in [0.15, 0.2) is 35.2 Å². The summed E-state index contributed by atoms with van der Waals surface area (Å²) in [5, 5.41) is 22.3. The SMILES string of the molecule is CN(CC(O)CNC(C)(C)CCCc1ccc(F)s1)S(=O)(=O)c1cc(CCC(=O)O)cc(OC(F)(F)F)c1. The number of likely N-dealkylation sites (N-methyl/N-ethyl adjacent to an activating group) is 1. The highest BCUT2D eigenvalue weighted by atomic mass is 32.2. The van der Waals surface area contributed by atoms with Gasteiger partial charge in [0, 0.05) is 43.0 Å². The summed E-state index contributed by atoms with van der Waals surface area (Å²) in [7, 11) is -3.17. The van der Waals surface area contributed by atoms with E-state index in [1.54, 1.807) is 6.07 Å². The largest absolute Gasteiger partial charge is 0.573 e. The van der Waals surface area contributed by atoms with Crippen molar-refractivity contribution in [2.75, 3.05) is 20.1 Å². The Morgan fingerprint density at radius 3 is 2.45 bits per heavy atom. The summed E-state index contributed by atoms with van der Waals surface area (Å²) in [4.78, 5) is 11.3. The molecule has 0 aliphatic carbocycles.